The minimum atomic E-state index is -2.18. The number of halogens is 3. The van der Waals surface area contributed by atoms with Crippen LogP contribution >= 0.6 is 34.8 Å². The number of nitrogens with one attached hydrogen (secondary N) is 1. The summed E-state index contributed by atoms with van der Waals surface area (Å²) in [6.45, 7) is 7.38. The standard InChI is InChI=1S/C9H14Cl3NO3/c1-5(8(2,3)4)16-7(15)13-6(14)9(10,11)12/h5H,1-4H3,(H,13,14,15)/t5-/m1/s1. The molecule has 0 saturated heterocycles. The molecular formula is C9H14Cl3NO3. The normalized spacial score (nSPS) is 14.2. The Bertz CT molecular complexity index is 281. The maximum Gasteiger partial charge on any atom is 0.414 e. The van der Waals surface area contributed by atoms with Crippen molar-refractivity contribution in [3.63, 3.8) is 0 Å². The Labute approximate surface area is 110 Å². The topological polar surface area (TPSA) is 55.4 Å². The van der Waals surface area contributed by atoms with Crippen LogP contribution in [-0.2, 0) is 9.53 Å². The number of rotatable bonds is 1. The van der Waals surface area contributed by atoms with Crippen LogP contribution in [0.2, 0.25) is 0 Å². The summed E-state index contributed by atoms with van der Waals surface area (Å²) in [7, 11) is 0. The van der Waals surface area contributed by atoms with E-state index in [1.807, 2.05) is 26.1 Å². The van der Waals surface area contributed by atoms with Gasteiger partial charge in [0.2, 0.25) is 0 Å². The van der Waals surface area contributed by atoms with Crippen LogP contribution < -0.4 is 5.32 Å². The number of imide groups is 1. The Morgan fingerprint density at radius 1 is 1.19 bits per heavy atom. The summed E-state index contributed by atoms with van der Waals surface area (Å²) < 4.78 is 2.76. The van der Waals surface area contributed by atoms with E-state index in [1.54, 1.807) is 6.92 Å². The Hall–Kier alpha value is -0.190. The van der Waals surface area contributed by atoms with Crippen molar-refractivity contribution in [2.24, 2.45) is 5.41 Å². The van der Waals surface area contributed by atoms with Crippen molar-refractivity contribution in [2.75, 3.05) is 0 Å². The van der Waals surface area contributed by atoms with Crippen molar-refractivity contribution in [1.82, 2.24) is 5.32 Å². The van der Waals surface area contributed by atoms with Crippen LogP contribution in [0.3, 0.4) is 0 Å². The lowest BCUT2D eigenvalue weighted by Crippen LogP contribution is -2.42. The van der Waals surface area contributed by atoms with Crippen LogP contribution in [0.5, 0.6) is 0 Å². The van der Waals surface area contributed by atoms with Gasteiger partial charge >= 0.3 is 6.09 Å². The van der Waals surface area contributed by atoms with Crippen molar-refractivity contribution < 1.29 is 14.3 Å². The molecule has 0 fully saturated rings. The summed E-state index contributed by atoms with van der Waals surface area (Å²) in [6.07, 6.45) is -1.31. The van der Waals surface area contributed by atoms with E-state index < -0.39 is 15.8 Å². The number of carbonyl (C=O) groups excluding carboxylic acids is 2. The quantitative estimate of drug-likeness (QED) is 0.755. The molecule has 0 heterocycles. The number of alkyl halides is 3. The van der Waals surface area contributed by atoms with Gasteiger partial charge in [-0.25, -0.2) is 4.79 Å². The predicted molar refractivity (Wildman–Crippen MR) is 63.8 cm³/mol. The monoisotopic (exact) mass is 289 g/mol. The maximum atomic E-state index is 11.2. The molecule has 7 heteroatoms. The smallest absolute Gasteiger partial charge is 0.414 e. The zero-order chi connectivity index (χ0) is 13.1. The molecule has 0 aromatic heterocycles. The summed E-state index contributed by atoms with van der Waals surface area (Å²) in [4.78, 5) is 22.3. The van der Waals surface area contributed by atoms with Gasteiger partial charge in [0.25, 0.3) is 9.70 Å². The molecule has 0 bridgehead atoms. The summed E-state index contributed by atoms with van der Waals surface area (Å²) in [6, 6.07) is 0. The zero-order valence-corrected chi connectivity index (χ0v) is 11.7. The van der Waals surface area contributed by atoms with Gasteiger partial charge in [-0.15, -0.1) is 0 Å². The first-order valence-corrected chi connectivity index (χ1v) is 5.66. The third kappa shape index (κ3) is 5.77. The molecule has 1 N–H and O–H groups in total. The molecule has 4 nitrogen and oxygen atoms in total. The van der Waals surface area contributed by atoms with Gasteiger partial charge in [0.1, 0.15) is 6.10 Å². The van der Waals surface area contributed by atoms with Gasteiger partial charge in [0.05, 0.1) is 0 Å². The summed E-state index contributed by atoms with van der Waals surface area (Å²) in [5.41, 5.74) is -0.236. The van der Waals surface area contributed by atoms with Gasteiger partial charge in [-0.05, 0) is 12.3 Å². The van der Waals surface area contributed by atoms with E-state index in [4.69, 9.17) is 39.5 Å². The molecule has 0 aliphatic carbocycles. The molecular weight excluding hydrogens is 276 g/mol. The Morgan fingerprint density at radius 3 is 1.94 bits per heavy atom. The van der Waals surface area contributed by atoms with E-state index in [0.29, 0.717) is 0 Å². The number of amides is 2. The molecule has 94 valence electrons. The second-order valence-electron chi connectivity index (χ2n) is 4.37. The largest absolute Gasteiger partial charge is 0.446 e. The Morgan fingerprint density at radius 2 is 1.62 bits per heavy atom. The van der Waals surface area contributed by atoms with Crippen LogP contribution in [0.4, 0.5) is 4.79 Å². The third-order valence-electron chi connectivity index (χ3n) is 1.98. The van der Waals surface area contributed by atoms with E-state index in [2.05, 4.69) is 0 Å². The zero-order valence-electron chi connectivity index (χ0n) is 9.44. The van der Waals surface area contributed by atoms with Crippen molar-refractivity contribution >= 4 is 46.8 Å². The molecule has 0 radical (unpaired) electrons. The highest BCUT2D eigenvalue weighted by molar-refractivity contribution is 6.76. The molecule has 0 aromatic carbocycles. The first-order chi connectivity index (χ1) is 6.94. The summed E-state index contributed by atoms with van der Waals surface area (Å²) in [5, 5.41) is 1.83. The molecule has 16 heavy (non-hydrogen) atoms. The fraction of sp³-hybridized carbons (Fsp3) is 0.778. The van der Waals surface area contributed by atoms with Crippen LogP contribution in [0.1, 0.15) is 27.7 Å². The van der Waals surface area contributed by atoms with E-state index >= 15 is 0 Å². The summed E-state index contributed by atoms with van der Waals surface area (Å²) in [5.74, 6) is -1.04. The van der Waals surface area contributed by atoms with Gasteiger partial charge < -0.3 is 4.74 Å². The fourth-order valence-electron chi connectivity index (χ4n) is 0.530. The van der Waals surface area contributed by atoms with Gasteiger partial charge in [-0.2, -0.15) is 0 Å². The van der Waals surface area contributed by atoms with Crippen molar-refractivity contribution in [3.05, 3.63) is 0 Å². The van der Waals surface area contributed by atoms with Gasteiger partial charge in [0.15, 0.2) is 0 Å². The number of alkyl carbamates (subject to hydrolysis) is 1. The van der Waals surface area contributed by atoms with E-state index in [-0.39, 0.29) is 11.5 Å². The van der Waals surface area contributed by atoms with Gasteiger partial charge in [-0.3, -0.25) is 10.1 Å². The highest BCUT2D eigenvalue weighted by Crippen LogP contribution is 2.26. The molecule has 2 amide bonds. The van der Waals surface area contributed by atoms with E-state index in [9.17, 15) is 9.59 Å². The number of ether oxygens (including phenoxy) is 1. The molecule has 0 aromatic rings. The van der Waals surface area contributed by atoms with Crippen LogP contribution in [-0.4, -0.2) is 21.9 Å². The molecule has 0 saturated carbocycles. The van der Waals surface area contributed by atoms with Crippen molar-refractivity contribution in [1.29, 1.82) is 0 Å². The molecule has 1 atom stereocenters. The molecule has 0 aliphatic rings. The Kier molecular flexibility index (Phi) is 5.36. The second kappa shape index (κ2) is 5.43. The average molecular weight is 291 g/mol. The molecule has 0 unspecified atom stereocenters. The number of hydrogen-bond acceptors (Lipinski definition) is 3. The van der Waals surface area contributed by atoms with Crippen LogP contribution in [0, 0.1) is 5.41 Å². The first-order valence-electron chi connectivity index (χ1n) is 4.53. The minimum absolute atomic E-state index is 0.236. The van der Waals surface area contributed by atoms with Crippen LogP contribution in [0.25, 0.3) is 0 Å². The highest BCUT2D eigenvalue weighted by atomic mass is 35.6. The summed E-state index contributed by atoms with van der Waals surface area (Å²) >= 11 is 15.8. The average Bonchev–Trinajstić information content (AvgIpc) is 1.99. The lowest BCUT2D eigenvalue weighted by molar-refractivity contribution is -0.119. The second-order valence-corrected chi connectivity index (χ2v) is 6.65. The fourth-order valence-corrected chi connectivity index (χ4v) is 0.672. The highest BCUT2D eigenvalue weighted by Gasteiger charge is 2.33. The minimum Gasteiger partial charge on any atom is -0.446 e. The van der Waals surface area contributed by atoms with Gasteiger partial charge in [0, 0.05) is 0 Å². The third-order valence-corrected chi connectivity index (χ3v) is 2.49. The molecule has 0 aliphatic heterocycles. The van der Waals surface area contributed by atoms with Crippen molar-refractivity contribution in [2.45, 2.75) is 37.6 Å². The maximum absolute atomic E-state index is 11.2. The lowest BCUT2D eigenvalue weighted by atomic mass is 9.90. The molecule has 0 rings (SSSR count). The SMILES string of the molecule is C[C@@H](OC(=O)NC(=O)C(Cl)(Cl)Cl)C(C)(C)C. The van der Waals surface area contributed by atoms with E-state index in [1.165, 1.54) is 0 Å². The van der Waals surface area contributed by atoms with Crippen LogP contribution in [0.15, 0.2) is 0 Å². The number of carbonyl (C=O) groups is 2. The van der Waals surface area contributed by atoms with Gasteiger partial charge in [-0.1, -0.05) is 55.6 Å². The number of hydrogen-bond donors (Lipinski definition) is 1. The first kappa shape index (κ1) is 15.8. The van der Waals surface area contributed by atoms with E-state index in [0.717, 1.165) is 0 Å². The lowest BCUT2D eigenvalue weighted by Gasteiger charge is -2.26. The molecule has 0 spiro atoms. The predicted octanol–water partition coefficient (Wildman–Crippen LogP) is 3.04. The van der Waals surface area contributed by atoms with Crippen molar-refractivity contribution in [3.8, 4) is 0 Å². The Balaban J connectivity index is 4.26.